The van der Waals surface area contributed by atoms with Crippen molar-refractivity contribution in [3.05, 3.63) is 0 Å². The summed E-state index contributed by atoms with van der Waals surface area (Å²) in [6.45, 7) is 23.5. The molecule has 0 aromatic carbocycles. The van der Waals surface area contributed by atoms with Gasteiger partial charge < -0.3 is 15.5 Å². The molecule has 1 aliphatic rings. The van der Waals surface area contributed by atoms with Gasteiger partial charge in [-0.05, 0) is 45.6 Å². The number of likely N-dealkylation sites (N-methyl/N-ethyl adjacent to an activating group) is 1. The van der Waals surface area contributed by atoms with E-state index in [2.05, 4.69) is 68.9 Å². The van der Waals surface area contributed by atoms with Crippen molar-refractivity contribution < 1.29 is 0 Å². The fraction of sp³-hybridized carbons (Fsp3) is 0.950. The van der Waals surface area contributed by atoms with Crippen LogP contribution < -0.4 is 10.6 Å². The molecule has 5 nitrogen and oxygen atoms in total. The van der Waals surface area contributed by atoms with Gasteiger partial charge in [0.25, 0.3) is 0 Å². The molecule has 2 N–H and O–H groups in total. The van der Waals surface area contributed by atoms with Gasteiger partial charge in [0, 0.05) is 44.8 Å². The Hall–Kier alpha value is -0.0800. The predicted octanol–water partition coefficient (Wildman–Crippen LogP) is 3.40. The van der Waals surface area contributed by atoms with Gasteiger partial charge in [0.05, 0.1) is 6.54 Å². The fourth-order valence-electron chi connectivity index (χ4n) is 3.13. The highest BCUT2D eigenvalue weighted by Gasteiger charge is 2.20. The number of nitrogens with zero attached hydrogens (tertiary/aromatic N) is 3. The van der Waals surface area contributed by atoms with Crippen molar-refractivity contribution in [3.8, 4) is 0 Å². The molecule has 0 aromatic heterocycles. The third-order valence-electron chi connectivity index (χ3n) is 5.05. The summed E-state index contributed by atoms with van der Waals surface area (Å²) in [6.07, 6.45) is 2.39. The Morgan fingerprint density at radius 2 is 1.69 bits per heavy atom. The Morgan fingerprint density at radius 3 is 2.19 bits per heavy atom. The van der Waals surface area contributed by atoms with Gasteiger partial charge in [-0.1, -0.05) is 27.7 Å². The van der Waals surface area contributed by atoms with Gasteiger partial charge in [-0.15, -0.1) is 24.0 Å². The Bertz CT molecular complexity index is 386. The lowest BCUT2D eigenvalue weighted by Gasteiger charge is -2.37. The minimum Gasteiger partial charge on any atom is -0.357 e. The van der Waals surface area contributed by atoms with E-state index in [1.54, 1.807) is 0 Å². The van der Waals surface area contributed by atoms with Gasteiger partial charge in [-0.3, -0.25) is 9.89 Å². The fourth-order valence-corrected chi connectivity index (χ4v) is 3.13. The molecule has 1 fully saturated rings. The minimum atomic E-state index is 0. The lowest BCUT2D eigenvalue weighted by atomic mass is 9.89. The summed E-state index contributed by atoms with van der Waals surface area (Å²) in [5.41, 5.74) is 0.389. The summed E-state index contributed by atoms with van der Waals surface area (Å²) in [4.78, 5) is 9.95. The van der Waals surface area contributed by atoms with Crippen LogP contribution in [-0.2, 0) is 0 Å². The molecule has 2 atom stereocenters. The number of piperazine rings is 1. The van der Waals surface area contributed by atoms with Crippen molar-refractivity contribution in [2.24, 2.45) is 10.4 Å². The van der Waals surface area contributed by atoms with E-state index in [1.165, 1.54) is 32.5 Å². The van der Waals surface area contributed by atoms with Crippen LogP contribution in [0.25, 0.3) is 0 Å². The predicted molar refractivity (Wildman–Crippen MR) is 126 cm³/mol. The van der Waals surface area contributed by atoms with E-state index >= 15 is 0 Å². The van der Waals surface area contributed by atoms with Gasteiger partial charge in [-0.2, -0.15) is 0 Å². The van der Waals surface area contributed by atoms with E-state index < -0.39 is 0 Å². The molecule has 1 rings (SSSR count). The van der Waals surface area contributed by atoms with Gasteiger partial charge in [0.1, 0.15) is 0 Å². The number of aliphatic imine (C=N–C) groups is 1. The van der Waals surface area contributed by atoms with Crippen LogP contribution in [0, 0.1) is 5.41 Å². The van der Waals surface area contributed by atoms with E-state index in [-0.39, 0.29) is 24.0 Å². The summed E-state index contributed by atoms with van der Waals surface area (Å²) in [7, 11) is 0. The highest BCUT2D eigenvalue weighted by molar-refractivity contribution is 14.0. The Labute approximate surface area is 179 Å². The second-order valence-electron chi connectivity index (χ2n) is 8.68. The molecule has 0 spiro atoms. The third kappa shape index (κ3) is 10.9. The van der Waals surface area contributed by atoms with E-state index in [0.29, 0.717) is 17.5 Å². The first-order valence-corrected chi connectivity index (χ1v) is 10.3. The highest BCUT2D eigenvalue weighted by atomic mass is 127. The van der Waals surface area contributed by atoms with Gasteiger partial charge in [0.15, 0.2) is 5.96 Å². The monoisotopic (exact) mass is 481 g/mol. The molecule has 0 aliphatic carbocycles. The maximum atomic E-state index is 4.85. The molecular formula is C20H44IN5. The van der Waals surface area contributed by atoms with Crippen LogP contribution in [0.1, 0.15) is 61.3 Å². The standard InChI is InChI=1S/C20H43N5.HI/c1-8-21-19(23-17(3)10-11-20(5,6)7)22-16-18(4)25-14-12-24(9-2)13-15-25;/h17-18H,8-16H2,1-7H3,(H2,21,22,23);1H. The summed E-state index contributed by atoms with van der Waals surface area (Å²) < 4.78 is 0. The van der Waals surface area contributed by atoms with Crippen molar-refractivity contribution in [2.75, 3.05) is 45.8 Å². The first-order chi connectivity index (χ1) is 11.7. The zero-order valence-electron chi connectivity index (χ0n) is 18.3. The number of nitrogens with one attached hydrogen (secondary N) is 2. The van der Waals surface area contributed by atoms with Crippen LogP contribution in [0.4, 0.5) is 0 Å². The maximum Gasteiger partial charge on any atom is 0.191 e. The zero-order chi connectivity index (χ0) is 18.9. The smallest absolute Gasteiger partial charge is 0.191 e. The molecule has 0 amide bonds. The van der Waals surface area contributed by atoms with Crippen molar-refractivity contribution in [1.29, 1.82) is 0 Å². The van der Waals surface area contributed by atoms with E-state index in [4.69, 9.17) is 4.99 Å². The second-order valence-corrected chi connectivity index (χ2v) is 8.68. The van der Waals surface area contributed by atoms with Crippen molar-refractivity contribution in [2.45, 2.75) is 73.4 Å². The lowest BCUT2D eigenvalue weighted by molar-refractivity contribution is 0.109. The van der Waals surface area contributed by atoms with E-state index in [9.17, 15) is 0 Å². The van der Waals surface area contributed by atoms with Crippen LogP contribution in [0.15, 0.2) is 4.99 Å². The molecule has 1 aliphatic heterocycles. The SMILES string of the molecule is CCNC(=NCC(C)N1CCN(CC)CC1)NC(C)CCC(C)(C)C.I. The van der Waals surface area contributed by atoms with Crippen LogP contribution in [0.5, 0.6) is 0 Å². The summed E-state index contributed by atoms with van der Waals surface area (Å²) >= 11 is 0. The molecule has 1 saturated heterocycles. The number of hydrogen-bond donors (Lipinski definition) is 2. The normalized spacial score (nSPS) is 19.6. The summed E-state index contributed by atoms with van der Waals surface area (Å²) in [5, 5.41) is 6.97. The van der Waals surface area contributed by atoms with Crippen LogP contribution >= 0.6 is 24.0 Å². The average molecular weight is 482 g/mol. The number of rotatable bonds is 8. The van der Waals surface area contributed by atoms with Gasteiger partial charge in [0.2, 0.25) is 0 Å². The first kappa shape index (κ1) is 25.9. The van der Waals surface area contributed by atoms with Gasteiger partial charge in [-0.25, -0.2) is 0 Å². The largest absolute Gasteiger partial charge is 0.357 e. The number of guanidine groups is 1. The van der Waals surface area contributed by atoms with Crippen LogP contribution in [-0.4, -0.2) is 73.7 Å². The Kier molecular flexibility index (Phi) is 13.1. The molecule has 0 aromatic rings. The van der Waals surface area contributed by atoms with E-state index in [0.717, 1.165) is 32.1 Å². The quantitative estimate of drug-likeness (QED) is 0.317. The molecule has 1 heterocycles. The highest BCUT2D eigenvalue weighted by Crippen LogP contribution is 2.21. The summed E-state index contributed by atoms with van der Waals surface area (Å²) in [5.74, 6) is 0.961. The van der Waals surface area contributed by atoms with E-state index in [1.807, 2.05) is 0 Å². The Morgan fingerprint density at radius 1 is 1.08 bits per heavy atom. The van der Waals surface area contributed by atoms with Crippen molar-refractivity contribution >= 4 is 29.9 Å². The number of halogens is 1. The molecular weight excluding hydrogens is 437 g/mol. The van der Waals surface area contributed by atoms with Crippen molar-refractivity contribution in [1.82, 2.24) is 20.4 Å². The first-order valence-electron chi connectivity index (χ1n) is 10.3. The zero-order valence-corrected chi connectivity index (χ0v) is 20.6. The average Bonchev–Trinajstić information content (AvgIpc) is 2.57. The second kappa shape index (κ2) is 13.2. The van der Waals surface area contributed by atoms with Crippen LogP contribution in [0.2, 0.25) is 0 Å². The van der Waals surface area contributed by atoms with Crippen LogP contribution in [0.3, 0.4) is 0 Å². The molecule has 2 unspecified atom stereocenters. The topological polar surface area (TPSA) is 42.9 Å². The number of hydrogen-bond acceptors (Lipinski definition) is 3. The van der Waals surface area contributed by atoms with Gasteiger partial charge >= 0.3 is 0 Å². The lowest BCUT2D eigenvalue weighted by Crippen LogP contribution is -2.50. The molecule has 26 heavy (non-hydrogen) atoms. The molecule has 0 bridgehead atoms. The summed E-state index contributed by atoms with van der Waals surface area (Å²) in [6, 6.07) is 0.944. The molecule has 156 valence electrons. The molecule has 0 saturated carbocycles. The Balaban J connectivity index is 0.00000625. The molecule has 6 heteroatoms. The van der Waals surface area contributed by atoms with Crippen molar-refractivity contribution in [3.63, 3.8) is 0 Å². The molecule has 0 radical (unpaired) electrons. The maximum absolute atomic E-state index is 4.85. The third-order valence-corrected chi connectivity index (χ3v) is 5.05. The minimum absolute atomic E-state index is 0.